The van der Waals surface area contributed by atoms with Crippen LogP contribution in [0.4, 0.5) is 0 Å². The lowest BCUT2D eigenvalue weighted by atomic mass is 9.95. The number of piperidine rings is 1. The zero-order valence-electron chi connectivity index (χ0n) is 9.84. The molecule has 96 valence electrons. The van der Waals surface area contributed by atoms with Gasteiger partial charge in [-0.25, -0.2) is 0 Å². The van der Waals surface area contributed by atoms with Crippen molar-refractivity contribution in [2.45, 2.75) is 30.9 Å². The van der Waals surface area contributed by atoms with E-state index < -0.39 is 0 Å². The number of thioether (sulfide) groups is 1. The number of amidine groups is 1. The standard InChI is InChI=1S/C11H19N3O2S/c12-10(13-16)8-3-5-14(6-4-8)11(15)9-2-1-7-17-9/h8-9,16H,1-7H2,(H2,12,13). The lowest BCUT2D eigenvalue weighted by molar-refractivity contribution is -0.131. The number of hydrogen-bond donors (Lipinski definition) is 2. The van der Waals surface area contributed by atoms with Crippen molar-refractivity contribution in [3.8, 4) is 0 Å². The van der Waals surface area contributed by atoms with Crippen LogP contribution in [0.5, 0.6) is 0 Å². The van der Waals surface area contributed by atoms with Gasteiger partial charge in [-0.2, -0.15) is 0 Å². The number of nitrogens with zero attached hydrogens (tertiary/aromatic N) is 2. The molecule has 3 N–H and O–H groups in total. The monoisotopic (exact) mass is 257 g/mol. The van der Waals surface area contributed by atoms with E-state index in [-0.39, 0.29) is 17.1 Å². The summed E-state index contributed by atoms with van der Waals surface area (Å²) < 4.78 is 0. The fourth-order valence-electron chi connectivity index (χ4n) is 2.45. The van der Waals surface area contributed by atoms with Crippen LogP contribution in [0.2, 0.25) is 0 Å². The predicted molar refractivity (Wildman–Crippen MR) is 68.2 cm³/mol. The summed E-state index contributed by atoms with van der Waals surface area (Å²) in [6.07, 6.45) is 3.78. The largest absolute Gasteiger partial charge is 0.409 e. The fraction of sp³-hybridized carbons (Fsp3) is 0.818. The molecule has 6 heteroatoms. The molecule has 1 unspecified atom stereocenters. The molecule has 0 spiro atoms. The van der Waals surface area contributed by atoms with E-state index in [1.165, 1.54) is 0 Å². The maximum atomic E-state index is 12.1. The summed E-state index contributed by atoms with van der Waals surface area (Å²) in [5, 5.41) is 11.8. The van der Waals surface area contributed by atoms with Crippen LogP contribution in [0.3, 0.4) is 0 Å². The third-order valence-corrected chi connectivity index (χ3v) is 4.91. The summed E-state index contributed by atoms with van der Waals surface area (Å²) in [7, 11) is 0. The van der Waals surface area contributed by atoms with Crippen molar-refractivity contribution in [2.75, 3.05) is 18.8 Å². The molecule has 2 heterocycles. The third-order valence-electron chi connectivity index (χ3n) is 3.55. The molecule has 5 nitrogen and oxygen atoms in total. The van der Waals surface area contributed by atoms with Gasteiger partial charge in [0.15, 0.2) is 0 Å². The van der Waals surface area contributed by atoms with Crippen LogP contribution in [0, 0.1) is 5.92 Å². The minimum atomic E-state index is 0.125. The summed E-state index contributed by atoms with van der Waals surface area (Å²) >= 11 is 1.78. The molecule has 0 aromatic rings. The number of rotatable bonds is 2. The lowest BCUT2D eigenvalue weighted by Crippen LogP contribution is -2.44. The minimum Gasteiger partial charge on any atom is -0.409 e. The van der Waals surface area contributed by atoms with E-state index in [0.29, 0.717) is 5.84 Å². The van der Waals surface area contributed by atoms with Crippen molar-refractivity contribution in [3.63, 3.8) is 0 Å². The van der Waals surface area contributed by atoms with Gasteiger partial charge in [-0.15, -0.1) is 11.8 Å². The highest BCUT2D eigenvalue weighted by atomic mass is 32.2. The second-order valence-electron chi connectivity index (χ2n) is 4.63. The Morgan fingerprint density at radius 1 is 1.35 bits per heavy atom. The molecule has 17 heavy (non-hydrogen) atoms. The van der Waals surface area contributed by atoms with Gasteiger partial charge in [0.25, 0.3) is 0 Å². The molecule has 0 radical (unpaired) electrons. The van der Waals surface area contributed by atoms with Crippen LogP contribution in [0.25, 0.3) is 0 Å². The second kappa shape index (κ2) is 5.62. The van der Waals surface area contributed by atoms with Crippen LogP contribution in [-0.2, 0) is 4.79 Å². The van der Waals surface area contributed by atoms with Crippen molar-refractivity contribution < 1.29 is 10.0 Å². The van der Waals surface area contributed by atoms with Crippen molar-refractivity contribution in [1.29, 1.82) is 0 Å². The van der Waals surface area contributed by atoms with E-state index in [2.05, 4.69) is 5.16 Å². The number of amides is 1. The molecule has 0 aliphatic carbocycles. The highest BCUT2D eigenvalue weighted by Gasteiger charge is 2.31. The van der Waals surface area contributed by atoms with Crippen molar-refractivity contribution in [3.05, 3.63) is 0 Å². The van der Waals surface area contributed by atoms with Crippen LogP contribution < -0.4 is 5.73 Å². The minimum absolute atomic E-state index is 0.125. The second-order valence-corrected chi connectivity index (χ2v) is 5.94. The van der Waals surface area contributed by atoms with Gasteiger partial charge in [-0.3, -0.25) is 4.79 Å². The van der Waals surface area contributed by atoms with Gasteiger partial charge >= 0.3 is 0 Å². The molecule has 2 aliphatic rings. The van der Waals surface area contributed by atoms with E-state index in [0.717, 1.165) is 44.5 Å². The van der Waals surface area contributed by atoms with E-state index in [1.807, 2.05) is 4.90 Å². The van der Waals surface area contributed by atoms with Crippen LogP contribution >= 0.6 is 11.8 Å². The summed E-state index contributed by atoms with van der Waals surface area (Å²) in [5.41, 5.74) is 5.58. The summed E-state index contributed by atoms with van der Waals surface area (Å²) in [6.45, 7) is 1.47. The lowest BCUT2D eigenvalue weighted by Gasteiger charge is -2.32. The first kappa shape index (κ1) is 12.5. The maximum Gasteiger partial charge on any atom is 0.235 e. The Kier molecular flexibility index (Phi) is 4.15. The van der Waals surface area contributed by atoms with Gasteiger partial charge in [0.2, 0.25) is 5.91 Å². The van der Waals surface area contributed by atoms with Gasteiger partial charge in [-0.1, -0.05) is 5.16 Å². The molecule has 0 bridgehead atoms. The number of carbonyl (C=O) groups excluding carboxylic acids is 1. The van der Waals surface area contributed by atoms with Gasteiger partial charge in [0.05, 0.1) is 5.25 Å². The molecule has 0 aromatic heterocycles. The first-order valence-electron chi connectivity index (χ1n) is 6.10. The first-order valence-corrected chi connectivity index (χ1v) is 7.15. The Bertz CT molecular complexity index is 308. The van der Waals surface area contributed by atoms with Crippen LogP contribution in [0.1, 0.15) is 25.7 Å². The molecule has 2 rings (SSSR count). The van der Waals surface area contributed by atoms with Crippen LogP contribution in [0.15, 0.2) is 5.16 Å². The number of carbonyl (C=O) groups is 1. The molecular weight excluding hydrogens is 238 g/mol. The molecule has 1 atom stereocenters. The zero-order valence-corrected chi connectivity index (χ0v) is 10.7. The number of nitrogens with two attached hydrogens (primary N) is 1. The highest BCUT2D eigenvalue weighted by Crippen LogP contribution is 2.29. The summed E-state index contributed by atoms with van der Waals surface area (Å²) in [5.74, 6) is 1.81. The molecule has 0 aromatic carbocycles. The Morgan fingerprint density at radius 3 is 2.59 bits per heavy atom. The normalized spacial score (nSPS) is 27.4. The van der Waals surface area contributed by atoms with E-state index in [4.69, 9.17) is 10.9 Å². The van der Waals surface area contributed by atoms with Gasteiger partial charge in [0.1, 0.15) is 5.84 Å². The van der Waals surface area contributed by atoms with Crippen molar-refractivity contribution in [2.24, 2.45) is 16.8 Å². The van der Waals surface area contributed by atoms with Gasteiger partial charge in [-0.05, 0) is 31.4 Å². The Morgan fingerprint density at radius 2 is 2.06 bits per heavy atom. The maximum absolute atomic E-state index is 12.1. The number of likely N-dealkylation sites (tertiary alicyclic amines) is 1. The molecular formula is C11H19N3O2S. The molecule has 2 fully saturated rings. The average Bonchev–Trinajstić information content (AvgIpc) is 2.91. The summed E-state index contributed by atoms with van der Waals surface area (Å²) in [6, 6.07) is 0. The number of hydrogen-bond acceptors (Lipinski definition) is 4. The zero-order chi connectivity index (χ0) is 12.3. The van der Waals surface area contributed by atoms with E-state index >= 15 is 0 Å². The SMILES string of the molecule is NC(=NO)C1CCN(C(=O)C2CCCS2)CC1. The van der Waals surface area contributed by atoms with Gasteiger partial charge < -0.3 is 15.8 Å². The van der Waals surface area contributed by atoms with E-state index in [9.17, 15) is 4.79 Å². The Balaban J connectivity index is 1.84. The predicted octanol–water partition coefficient (Wildman–Crippen LogP) is 0.867. The summed E-state index contributed by atoms with van der Waals surface area (Å²) in [4.78, 5) is 14.1. The van der Waals surface area contributed by atoms with Crippen molar-refractivity contribution in [1.82, 2.24) is 4.90 Å². The molecule has 1 amide bonds. The molecule has 0 saturated carbocycles. The van der Waals surface area contributed by atoms with Crippen LogP contribution in [-0.4, -0.2) is 45.9 Å². The van der Waals surface area contributed by atoms with Gasteiger partial charge in [0, 0.05) is 19.0 Å². The number of oxime groups is 1. The third kappa shape index (κ3) is 2.86. The smallest absolute Gasteiger partial charge is 0.235 e. The molecule has 2 saturated heterocycles. The highest BCUT2D eigenvalue weighted by molar-refractivity contribution is 8.00. The van der Waals surface area contributed by atoms with Crippen molar-refractivity contribution >= 4 is 23.5 Å². The average molecular weight is 257 g/mol. The topological polar surface area (TPSA) is 78.9 Å². The Hall–Kier alpha value is -0.910. The fourth-order valence-corrected chi connectivity index (χ4v) is 3.70. The van der Waals surface area contributed by atoms with E-state index in [1.54, 1.807) is 11.8 Å². The molecule has 2 aliphatic heterocycles. The Labute approximate surface area is 105 Å². The first-order chi connectivity index (χ1) is 8.22. The quantitative estimate of drug-likeness (QED) is 0.333.